The summed E-state index contributed by atoms with van der Waals surface area (Å²) in [5.41, 5.74) is 2.73. The van der Waals surface area contributed by atoms with E-state index in [9.17, 15) is 18.0 Å². The van der Waals surface area contributed by atoms with Crippen molar-refractivity contribution in [1.29, 1.82) is 0 Å². The van der Waals surface area contributed by atoms with Gasteiger partial charge in [-0.1, -0.05) is 30.3 Å². The quantitative estimate of drug-likeness (QED) is 0.223. The number of alkyl halides is 3. The zero-order valence-electron chi connectivity index (χ0n) is 19.5. The first-order valence-corrected chi connectivity index (χ1v) is 12.3. The van der Waals surface area contributed by atoms with Gasteiger partial charge in [-0.2, -0.15) is 13.2 Å². The van der Waals surface area contributed by atoms with E-state index in [1.807, 2.05) is 31.2 Å². The van der Waals surface area contributed by atoms with Gasteiger partial charge in [0.1, 0.15) is 17.2 Å². The van der Waals surface area contributed by atoms with Crippen LogP contribution in [0.25, 0.3) is 22.0 Å². The maximum atomic E-state index is 13.7. The highest BCUT2D eigenvalue weighted by Crippen LogP contribution is 2.43. The number of halogens is 3. The van der Waals surface area contributed by atoms with Crippen LogP contribution in [0, 0.1) is 0 Å². The fraction of sp³-hybridized carbons (Fsp3) is 0.296. The van der Waals surface area contributed by atoms with Crippen molar-refractivity contribution < 1.29 is 27.4 Å². The number of ether oxygens (including phenoxy) is 2. The van der Waals surface area contributed by atoms with Crippen LogP contribution in [0.1, 0.15) is 35.7 Å². The van der Waals surface area contributed by atoms with E-state index in [-0.39, 0.29) is 18.1 Å². The fourth-order valence-corrected chi connectivity index (χ4v) is 5.11. The van der Waals surface area contributed by atoms with Crippen molar-refractivity contribution in [2.45, 2.75) is 46.0 Å². The Kier molecular flexibility index (Phi) is 7.50. The first kappa shape index (κ1) is 24.9. The Morgan fingerprint density at radius 2 is 1.80 bits per heavy atom. The van der Waals surface area contributed by atoms with Gasteiger partial charge in [0, 0.05) is 33.6 Å². The van der Waals surface area contributed by atoms with E-state index in [1.54, 1.807) is 43.3 Å². The lowest BCUT2D eigenvalue weighted by atomic mass is 10.1. The molecule has 0 saturated carbocycles. The Bertz CT molecular complexity index is 1310. The molecule has 0 fully saturated rings. The molecule has 0 amide bonds. The van der Waals surface area contributed by atoms with E-state index >= 15 is 0 Å². The number of esters is 1. The predicted molar refractivity (Wildman–Crippen MR) is 132 cm³/mol. The highest BCUT2D eigenvalue weighted by atomic mass is 32.1. The largest absolute Gasteiger partial charge is 0.488 e. The summed E-state index contributed by atoms with van der Waals surface area (Å²) in [7, 11) is 0. The summed E-state index contributed by atoms with van der Waals surface area (Å²) >= 11 is 0.710. The van der Waals surface area contributed by atoms with Crippen molar-refractivity contribution >= 4 is 28.2 Å². The average molecular weight is 502 g/mol. The van der Waals surface area contributed by atoms with Crippen molar-refractivity contribution in [3.8, 4) is 16.9 Å². The first-order valence-electron chi connectivity index (χ1n) is 11.5. The molecule has 0 bridgehead atoms. The number of aromatic nitrogens is 1. The molecule has 0 atom stereocenters. The topological polar surface area (TPSA) is 40.5 Å². The Morgan fingerprint density at radius 1 is 1.03 bits per heavy atom. The van der Waals surface area contributed by atoms with Crippen LogP contribution in [-0.4, -0.2) is 17.1 Å². The van der Waals surface area contributed by atoms with Crippen molar-refractivity contribution in [2.75, 3.05) is 6.61 Å². The smallest absolute Gasteiger partial charge is 0.426 e. The second kappa shape index (κ2) is 10.6. The minimum absolute atomic E-state index is 0.0380. The number of nitrogens with zero attached hydrogens (tertiary/aromatic N) is 1. The second-order valence-electron chi connectivity index (χ2n) is 8.01. The number of benzene rings is 2. The molecule has 0 unspecified atom stereocenters. The average Bonchev–Trinajstić information content (AvgIpc) is 3.43. The molecule has 0 aliphatic carbocycles. The minimum Gasteiger partial charge on any atom is -0.488 e. The standard InChI is InChI=1S/C27H26F3NO3S/c1-3-31-20(10-13-25(32)33-4-2)14-19-15-21(11-12-24(19)31)34-17-22-16-23(18-8-6-5-7-9-18)26(35-22)27(28,29)30/h5-9,11-12,14-16H,3-4,10,13,17H2,1-2H3. The molecule has 35 heavy (non-hydrogen) atoms. The van der Waals surface area contributed by atoms with Crippen LogP contribution in [0.3, 0.4) is 0 Å². The second-order valence-corrected chi connectivity index (χ2v) is 9.15. The SMILES string of the molecule is CCOC(=O)CCc1cc2cc(OCc3cc(-c4ccccc4)c(C(F)(F)F)s3)ccc2n1CC. The molecule has 0 aliphatic heterocycles. The monoisotopic (exact) mass is 501 g/mol. The third-order valence-corrected chi connectivity index (χ3v) is 6.83. The Labute approximate surface area is 205 Å². The highest BCUT2D eigenvalue weighted by molar-refractivity contribution is 7.12. The summed E-state index contributed by atoms with van der Waals surface area (Å²) in [6.07, 6.45) is -3.57. The summed E-state index contributed by atoms with van der Waals surface area (Å²) in [5.74, 6) is 0.347. The van der Waals surface area contributed by atoms with Gasteiger partial charge in [0.05, 0.1) is 13.0 Å². The van der Waals surface area contributed by atoms with Crippen LogP contribution in [0.15, 0.2) is 60.7 Å². The van der Waals surface area contributed by atoms with Crippen molar-refractivity contribution in [3.05, 3.63) is 76.1 Å². The predicted octanol–water partition coefficient (Wildman–Crippen LogP) is 7.48. The number of carbonyl (C=O) groups excluding carboxylic acids is 1. The number of carbonyl (C=O) groups is 1. The molecule has 8 heteroatoms. The number of hydrogen-bond acceptors (Lipinski definition) is 4. The van der Waals surface area contributed by atoms with E-state index < -0.39 is 11.1 Å². The summed E-state index contributed by atoms with van der Waals surface area (Å²) < 4.78 is 54.0. The number of aryl methyl sites for hydroxylation is 2. The van der Waals surface area contributed by atoms with E-state index in [0.29, 0.717) is 47.0 Å². The van der Waals surface area contributed by atoms with Crippen LogP contribution in [0.4, 0.5) is 13.2 Å². The van der Waals surface area contributed by atoms with Crippen LogP contribution in [-0.2, 0) is 35.3 Å². The van der Waals surface area contributed by atoms with Gasteiger partial charge in [-0.15, -0.1) is 11.3 Å². The molecule has 4 rings (SSSR count). The molecule has 2 heterocycles. The molecule has 4 aromatic rings. The molecule has 0 saturated heterocycles. The summed E-state index contributed by atoms with van der Waals surface area (Å²) in [6, 6.07) is 17.8. The molecule has 0 radical (unpaired) electrons. The van der Waals surface area contributed by atoms with Crippen molar-refractivity contribution in [3.63, 3.8) is 0 Å². The number of fused-ring (bicyclic) bond motifs is 1. The summed E-state index contributed by atoms with van der Waals surface area (Å²) in [6.45, 7) is 4.97. The van der Waals surface area contributed by atoms with Crippen molar-refractivity contribution in [2.24, 2.45) is 0 Å². The van der Waals surface area contributed by atoms with Gasteiger partial charge in [-0.05, 0) is 56.2 Å². The number of hydrogen-bond donors (Lipinski definition) is 0. The van der Waals surface area contributed by atoms with E-state index in [0.717, 1.165) is 23.1 Å². The normalized spacial score (nSPS) is 11.7. The molecule has 0 spiro atoms. The molecule has 0 aliphatic rings. The summed E-state index contributed by atoms with van der Waals surface area (Å²) in [4.78, 5) is 11.6. The lowest BCUT2D eigenvalue weighted by Gasteiger charge is -2.08. The third kappa shape index (κ3) is 5.70. The van der Waals surface area contributed by atoms with E-state index in [4.69, 9.17) is 9.47 Å². The van der Waals surface area contributed by atoms with Crippen LogP contribution < -0.4 is 4.74 Å². The van der Waals surface area contributed by atoms with Gasteiger partial charge in [0.2, 0.25) is 0 Å². The molecule has 2 aromatic heterocycles. The molecular formula is C27H26F3NO3S. The molecule has 4 nitrogen and oxygen atoms in total. The maximum Gasteiger partial charge on any atom is 0.426 e. The number of thiophene rings is 1. The van der Waals surface area contributed by atoms with E-state index in [2.05, 4.69) is 4.57 Å². The van der Waals surface area contributed by atoms with Crippen LogP contribution >= 0.6 is 11.3 Å². The Morgan fingerprint density at radius 3 is 2.49 bits per heavy atom. The fourth-order valence-electron chi connectivity index (χ4n) is 4.15. The summed E-state index contributed by atoms with van der Waals surface area (Å²) in [5, 5.41) is 0.954. The van der Waals surface area contributed by atoms with Gasteiger partial charge < -0.3 is 14.0 Å². The zero-order chi connectivity index (χ0) is 25.0. The first-order chi connectivity index (χ1) is 16.8. The molecular weight excluding hydrogens is 475 g/mol. The van der Waals surface area contributed by atoms with Gasteiger partial charge in [0.25, 0.3) is 0 Å². The van der Waals surface area contributed by atoms with Crippen molar-refractivity contribution in [1.82, 2.24) is 4.57 Å². The lowest BCUT2D eigenvalue weighted by molar-refractivity contribution is -0.143. The Balaban J connectivity index is 1.53. The van der Waals surface area contributed by atoms with Gasteiger partial charge in [-0.25, -0.2) is 0 Å². The minimum atomic E-state index is -4.43. The molecule has 2 aromatic carbocycles. The van der Waals surface area contributed by atoms with Gasteiger partial charge in [-0.3, -0.25) is 4.79 Å². The van der Waals surface area contributed by atoms with Gasteiger partial charge in [0.15, 0.2) is 0 Å². The third-order valence-electron chi connectivity index (χ3n) is 5.67. The van der Waals surface area contributed by atoms with Crippen LogP contribution in [0.5, 0.6) is 5.75 Å². The van der Waals surface area contributed by atoms with E-state index in [1.165, 1.54) is 0 Å². The molecule has 0 N–H and O–H groups in total. The molecule has 184 valence electrons. The number of rotatable bonds is 9. The Hall–Kier alpha value is -3.26. The van der Waals surface area contributed by atoms with Gasteiger partial charge >= 0.3 is 12.1 Å². The zero-order valence-corrected chi connectivity index (χ0v) is 20.3. The maximum absolute atomic E-state index is 13.7. The lowest BCUT2D eigenvalue weighted by Crippen LogP contribution is -2.08. The van der Waals surface area contributed by atoms with Crippen LogP contribution in [0.2, 0.25) is 0 Å². The highest BCUT2D eigenvalue weighted by Gasteiger charge is 2.36.